The highest BCUT2D eigenvalue weighted by atomic mass is 16.7. The first kappa shape index (κ1) is 31.3. The van der Waals surface area contributed by atoms with Crippen molar-refractivity contribution in [2.45, 2.75) is 97.3 Å². The van der Waals surface area contributed by atoms with Crippen molar-refractivity contribution >= 4 is 22.5 Å². The Morgan fingerprint density at radius 1 is 0.658 bits per heavy atom. The lowest BCUT2D eigenvalue weighted by Gasteiger charge is -2.19. The Morgan fingerprint density at radius 2 is 1.18 bits per heavy atom. The van der Waals surface area contributed by atoms with Crippen molar-refractivity contribution in [2.24, 2.45) is 5.16 Å². The van der Waals surface area contributed by atoms with Gasteiger partial charge in [0.25, 0.3) is 0 Å². The maximum absolute atomic E-state index is 12.5. The molecular weight excluding hydrogens is 482 g/mol. The summed E-state index contributed by atoms with van der Waals surface area (Å²) >= 11 is 0. The number of oxime groups is 1. The van der Waals surface area contributed by atoms with Gasteiger partial charge in [0.1, 0.15) is 23.0 Å². The van der Waals surface area contributed by atoms with E-state index in [9.17, 15) is 4.79 Å². The van der Waals surface area contributed by atoms with Crippen molar-refractivity contribution in [3.05, 3.63) is 23.8 Å². The van der Waals surface area contributed by atoms with E-state index < -0.39 is 0 Å². The first-order chi connectivity index (χ1) is 18.6. The lowest BCUT2D eigenvalue weighted by molar-refractivity contribution is -0.143. The summed E-state index contributed by atoms with van der Waals surface area (Å²) in [6, 6.07) is 5.56. The monoisotopic (exact) mass is 529 g/mol. The van der Waals surface area contributed by atoms with Crippen LogP contribution < -0.4 is 18.9 Å². The smallest absolute Gasteiger partial charge is 0.335 e. The SMILES string of the molecule is CCCCCCCCCC(=O)ON=C(CCCCCC)c1cc(OC)c2c(OC)ccc(OC)c2c1OC. The van der Waals surface area contributed by atoms with E-state index in [1.54, 1.807) is 28.4 Å². The van der Waals surface area contributed by atoms with Gasteiger partial charge in [-0.2, -0.15) is 0 Å². The van der Waals surface area contributed by atoms with Gasteiger partial charge in [-0.05, 0) is 37.5 Å². The summed E-state index contributed by atoms with van der Waals surface area (Å²) in [5.41, 5.74) is 1.36. The molecule has 0 fully saturated rings. The quantitative estimate of drug-likeness (QED) is 0.0789. The molecule has 2 rings (SSSR count). The second-order valence-corrected chi connectivity index (χ2v) is 9.56. The van der Waals surface area contributed by atoms with Gasteiger partial charge in [0.05, 0.1) is 44.9 Å². The normalized spacial score (nSPS) is 11.5. The largest absolute Gasteiger partial charge is 0.496 e. The molecule has 0 heterocycles. The van der Waals surface area contributed by atoms with Gasteiger partial charge in [-0.1, -0.05) is 76.8 Å². The molecule has 212 valence electrons. The van der Waals surface area contributed by atoms with Crippen LogP contribution in [0.4, 0.5) is 0 Å². The average molecular weight is 530 g/mol. The molecule has 0 aliphatic rings. The Morgan fingerprint density at radius 3 is 1.76 bits per heavy atom. The van der Waals surface area contributed by atoms with Crippen LogP contribution in [0.25, 0.3) is 10.8 Å². The summed E-state index contributed by atoms with van der Waals surface area (Å²) in [6.45, 7) is 4.39. The van der Waals surface area contributed by atoms with Crippen molar-refractivity contribution in [3.63, 3.8) is 0 Å². The van der Waals surface area contributed by atoms with Crippen LogP contribution in [0.15, 0.2) is 23.4 Å². The molecule has 0 aliphatic heterocycles. The van der Waals surface area contributed by atoms with E-state index in [0.29, 0.717) is 47.1 Å². The highest BCUT2D eigenvalue weighted by molar-refractivity contribution is 6.12. The van der Waals surface area contributed by atoms with Gasteiger partial charge in [-0.25, -0.2) is 4.79 Å². The number of rotatable bonds is 19. The number of carbonyl (C=O) groups is 1. The molecule has 0 spiro atoms. The van der Waals surface area contributed by atoms with Gasteiger partial charge in [0, 0.05) is 12.0 Å². The molecule has 0 unspecified atom stereocenters. The predicted octanol–water partition coefficient (Wildman–Crippen LogP) is 8.23. The molecule has 2 aromatic rings. The van der Waals surface area contributed by atoms with Crippen LogP contribution in [0.3, 0.4) is 0 Å². The van der Waals surface area contributed by atoms with Crippen LogP contribution in [0.1, 0.15) is 103 Å². The highest BCUT2D eigenvalue weighted by Crippen LogP contribution is 2.46. The zero-order valence-electron chi connectivity index (χ0n) is 24.3. The molecule has 0 saturated heterocycles. The van der Waals surface area contributed by atoms with Crippen molar-refractivity contribution in [1.29, 1.82) is 0 Å². The molecule has 0 bridgehead atoms. The molecule has 0 aliphatic carbocycles. The van der Waals surface area contributed by atoms with E-state index in [4.69, 9.17) is 23.8 Å². The van der Waals surface area contributed by atoms with Gasteiger partial charge >= 0.3 is 5.97 Å². The summed E-state index contributed by atoms with van der Waals surface area (Å²) in [6.07, 6.45) is 13.2. The molecule has 0 amide bonds. The number of carbonyl (C=O) groups excluding carboxylic acids is 1. The van der Waals surface area contributed by atoms with Gasteiger partial charge in [-0.15, -0.1) is 0 Å². The van der Waals surface area contributed by atoms with E-state index in [-0.39, 0.29) is 5.97 Å². The maximum Gasteiger partial charge on any atom is 0.335 e. The van der Waals surface area contributed by atoms with Gasteiger partial charge < -0.3 is 23.8 Å². The minimum atomic E-state index is -0.310. The fourth-order valence-electron chi connectivity index (χ4n) is 4.69. The maximum atomic E-state index is 12.5. The number of hydrogen-bond acceptors (Lipinski definition) is 7. The Balaban J connectivity index is 2.38. The zero-order chi connectivity index (χ0) is 27.8. The Labute approximate surface area is 228 Å². The van der Waals surface area contributed by atoms with Gasteiger partial charge in [0.15, 0.2) is 0 Å². The standard InChI is InChI=1S/C31H47NO6/c1-7-9-11-13-14-15-17-19-28(33)38-32-24(18-16-12-10-8-2)23-22-27(36-5)29-25(34-3)20-21-26(35-4)30(29)31(23)37-6/h20-22H,7-19H2,1-6H3. The van der Waals surface area contributed by atoms with Gasteiger partial charge in [-0.3, -0.25) is 0 Å². The predicted molar refractivity (Wildman–Crippen MR) is 154 cm³/mol. The van der Waals surface area contributed by atoms with E-state index in [1.807, 2.05) is 18.2 Å². The number of ether oxygens (including phenoxy) is 4. The van der Waals surface area contributed by atoms with E-state index in [0.717, 1.165) is 55.7 Å². The van der Waals surface area contributed by atoms with Crippen LogP contribution in [0.5, 0.6) is 23.0 Å². The molecule has 0 radical (unpaired) electrons. The van der Waals surface area contributed by atoms with Gasteiger partial charge in [0.2, 0.25) is 0 Å². The fourth-order valence-corrected chi connectivity index (χ4v) is 4.69. The van der Waals surface area contributed by atoms with Crippen LogP contribution in [-0.2, 0) is 9.63 Å². The summed E-state index contributed by atoms with van der Waals surface area (Å²) in [7, 11) is 6.46. The fraction of sp³-hybridized carbons (Fsp3) is 0.613. The number of nitrogens with zero attached hydrogens (tertiary/aromatic N) is 1. The molecule has 0 aromatic heterocycles. The summed E-state index contributed by atoms with van der Waals surface area (Å²) in [5.74, 6) is 2.14. The minimum Gasteiger partial charge on any atom is -0.496 e. The Hall–Kier alpha value is -2.96. The van der Waals surface area contributed by atoms with Crippen LogP contribution in [-0.4, -0.2) is 40.1 Å². The third-order valence-corrected chi connectivity index (χ3v) is 6.81. The van der Waals surface area contributed by atoms with E-state index >= 15 is 0 Å². The molecule has 38 heavy (non-hydrogen) atoms. The Bertz CT molecular complexity index is 1030. The topological polar surface area (TPSA) is 75.6 Å². The van der Waals surface area contributed by atoms with E-state index in [1.165, 1.54) is 25.7 Å². The zero-order valence-corrected chi connectivity index (χ0v) is 24.3. The summed E-state index contributed by atoms with van der Waals surface area (Å²) in [5, 5.41) is 5.85. The van der Waals surface area contributed by atoms with Crippen molar-refractivity contribution in [1.82, 2.24) is 0 Å². The van der Waals surface area contributed by atoms with Crippen LogP contribution >= 0.6 is 0 Å². The second kappa shape index (κ2) is 17.5. The van der Waals surface area contributed by atoms with Crippen LogP contribution in [0.2, 0.25) is 0 Å². The molecular formula is C31H47NO6. The second-order valence-electron chi connectivity index (χ2n) is 9.56. The molecule has 0 atom stereocenters. The number of fused-ring (bicyclic) bond motifs is 1. The van der Waals surface area contributed by atoms with Crippen molar-refractivity contribution in [2.75, 3.05) is 28.4 Å². The lowest BCUT2D eigenvalue weighted by atomic mass is 9.96. The Kier molecular flexibility index (Phi) is 14.4. The molecule has 0 saturated carbocycles. The lowest BCUT2D eigenvalue weighted by Crippen LogP contribution is -2.09. The van der Waals surface area contributed by atoms with Crippen molar-refractivity contribution < 1.29 is 28.6 Å². The number of hydrogen-bond donors (Lipinski definition) is 0. The number of unbranched alkanes of at least 4 members (excludes halogenated alkanes) is 9. The summed E-state index contributed by atoms with van der Waals surface area (Å²) < 4.78 is 23.0. The van der Waals surface area contributed by atoms with Crippen LogP contribution in [0, 0.1) is 0 Å². The number of benzene rings is 2. The molecule has 7 nitrogen and oxygen atoms in total. The average Bonchev–Trinajstić information content (AvgIpc) is 2.94. The third-order valence-electron chi connectivity index (χ3n) is 6.81. The number of methoxy groups -OCH3 is 4. The molecule has 0 N–H and O–H groups in total. The third kappa shape index (κ3) is 8.81. The highest BCUT2D eigenvalue weighted by Gasteiger charge is 2.24. The first-order valence-corrected chi connectivity index (χ1v) is 14.1. The summed E-state index contributed by atoms with van der Waals surface area (Å²) in [4.78, 5) is 18.0. The van der Waals surface area contributed by atoms with Crippen molar-refractivity contribution in [3.8, 4) is 23.0 Å². The molecule has 2 aromatic carbocycles. The van der Waals surface area contributed by atoms with E-state index in [2.05, 4.69) is 19.0 Å². The minimum absolute atomic E-state index is 0.310. The molecule has 7 heteroatoms. The first-order valence-electron chi connectivity index (χ1n) is 14.1.